The summed E-state index contributed by atoms with van der Waals surface area (Å²) < 4.78 is 15.4. The minimum atomic E-state index is 0. The molecular formula is C100H151NO3. The van der Waals surface area contributed by atoms with Crippen LogP contribution in [0.3, 0.4) is 0 Å². The van der Waals surface area contributed by atoms with Crippen molar-refractivity contribution in [1.29, 1.82) is 5.26 Å². The SMILES string of the molecule is C.C.C.C.CC(C)c1cccc(C#N)c1.CC(C)c1ccccc1.CCc1ccc(C(C)C)cc1.CCc1ccc(C(C)C)cc1.CCc1ccc(C(C)C)cc1.CCc1ccc(C(C)C)cc1OC.COCc1ccc(C(C)C)cc1.COCc1cccc(C(C)C)c1.Cc1ccc(C(C)C)cc1. The van der Waals surface area contributed by atoms with Crippen LogP contribution in [0.15, 0.2) is 218 Å². The van der Waals surface area contributed by atoms with Crippen molar-refractivity contribution < 1.29 is 14.2 Å². The number of nitrogens with zero attached hydrogens (tertiary/aromatic N) is 1. The molecule has 0 unspecified atom stereocenters. The number of aryl methyl sites for hydroxylation is 5. The van der Waals surface area contributed by atoms with E-state index in [-0.39, 0.29) is 29.7 Å². The van der Waals surface area contributed by atoms with E-state index in [1.807, 2.05) is 30.3 Å². The summed E-state index contributed by atoms with van der Waals surface area (Å²) >= 11 is 0. The molecule has 0 N–H and O–H groups in total. The van der Waals surface area contributed by atoms with Gasteiger partial charge in [0.25, 0.3) is 0 Å². The minimum absolute atomic E-state index is 0. The van der Waals surface area contributed by atoms with Crippen LogP contribution in [0.2, 0.25) is 0 Å². The maximum absolute atomic E-state index is 8.59. The van der Waals surface area contributed by atoms with Gasteiger partial charge in [0.1, 0.15) is 5.75 Å². The first-order valence-corrected chi connectivity index (χ1v) is 37.3. The van der Waals surface area contributed by atoms with Gasteiger partial charge in [-0.3, -0.25) is 0 Å². The zero-order chi connectivity index (χ0) is 75.1. The van der Waals surface area contributed by atoms with E-state index in [9.17, 15) is 0 Å². The molecular weight excluding hydrogens is 1260 g/mol. The first-order chi connectivity index (χ1) is 47.6. The Morgan fingerprint density at radius 1 is 0.279 bits per heavy atom. The van der Waals surface area contributed by atoms with Crippen LogP contribution in [0.4, 0.5) is 0 Å². The van der Waals surface area contributed by atoms with Crippen molar-refractivity contribution in [2.24, 2.45) is 0 Å². The average molecular weight is 1420 g/mol. The van der Waals surface area contributed by atoms with Crippen LogP contribution in [0.25, 0.3) is 0 Å². The van der Waals surface area contributed by atoms with Crippen LogP contribution < -0.4 is 4.74 Å². The van der Waals surface area contributed by atoms with Crippen LogP contribution >= 0.6 is 0 Å². The summed E-state index contributed by atoms with van der Waals surface area (Å²) in [5.41, 5.74) is 22.6. The van der Waals surface area contributed by atoms with Crippen LogP contribution in [-0.2, 0) is 48.4 Å². The van der Waals surface area contributed by atoms with Gasteiger partial charge in [-0.15, -0.1) is 0 Å². The average Bonchev–Trinajstić information content (AvgIpc) is 0.865. The Balaban J connectivity index is -0.000000539. The first kappa shape index (κ1) is 103. The zero-order valence-corrected chi connectivity index (χ0v) is 67.4. The zero-order valence-electron chi connectivity index (χ0n) is 67.4. The number of hydrogen-bond acceptors (Lipinski definition) is 4. The second kappa shape index (κ2) is 59.4. The number of benzene rings is 9. The molecule has 0 aliphatic heterocycles. The van der Waals surface area contributed by atoms with Gasteiger partial charge in [-0.2, -0.15) is 5.26 Å². The van der Waals surface area contributed by atoms with Crippen molar-refractivity contribution in [3.05, 3.63) is 313 Å². The van der Waals surface area contributed by atoms with Gasteiger partial charge >= 0.3 is 0 Å². The Labute approximate surface area is 642 Å². The monoisotopic (exact) mass is 1410 g/mol. The van der Waals surface area contributed by atoms with Gasteiger partial charge in [0, 0.05) is 14.2 Å². The molecule has 4 heteroatoms. The third-order valence-corrected chi connectivity index (χ3v) is 17.3. The molecule has 0 radical (unpaired) electrons. The number of rotatable bonds is 18. The summed E-state index contributed by atoms with van der Waals surface area (Å²) in [5.74, 6) is 6.58. The van der Waals surface area contributed by atoms with E-state index < -0.39 is 0 Å². The molecule has 574 valence electrons. The van der Waals surface area contributed by atoms with Crippen LogP contribution in [-0.4, -0.2) is 21.3 Å². The van der Waals surface area contributed by atoms with Gasteiger partial charge < -0.3 is 14.2 Å². The Kier molecular flexibility index (Phi) is 58.6. The smallest absolute Gasteiger partial charge is 0.122 e. The van der Waals surface area contributed by atoms with Crippen molar-refractivity contribution in [2.45, 2.75) is 281 Å². The lowest BCUT2D eigenvalue weighted by molar-refractivity contribution is 0.185. The first-order valence-electron chi connectivity index (χ1n) is 37.3. The van der Waals surface area contributed by atoms with E-state index in [4.69, 9.17) is 19.5 Å². The normalized spacial score (nSPS) is 10.0. The van der Waals surface area contributed by atoms with E-state index in [1.165, 1.54) is 89.0 Å². The molecule has 0 aliphatic rings. The van der Waals surface area contributed by atoms with Gasteiger partial charge in [-0.25, -0.2) is 0 Å². The third-order valence-electron chi connectivity index (χ3n) is 17.3. The number of ether oxygens (including phenoxy) is 3. The molecule has 0 aromatic heterocycles. The lowest BCUT2D eigenvalue weighted by Gasteiger charge is -2.11. The van der Waals surface area contributed by atoms with E-state index in [1.54, 1.807) is 21.3 Å². The Morgan fingerprint density at radius 2 is 0.558 bits per heavy atom. The lowest BCUT2D eigenvalue weighted by Crippen LogP contribution is -1.94. The molecule has 104 heavy (non-hydrogen) atoms. The van der Waals surface area contributed by atoms with Crippen molar-refractivity contribution >= 4 is 0 Å². The molecule has 0 saturated heterocycles. The molecule has 0 saturated carbocycles. The van der Waals surface area contributed by atoms with Gasteiger partial charge in [0.05, 0.1) is 32.0 Å². The highest BCUT2D eigenvalue weighted by Crippen LogP contribution is 2.26. The van der Waals surface area contributed by atoms with Gasteiger partial charge in [0.15, 0.2) is 0 Å². The Morgan fingerprint density at radius 3 is 0.856 bits per heavy atom. The summed E-state index contributed by atoms with van der Waals surface area (Å²) in [7, 11) is 5.18. The standard InChI is InChI=1S/C12H18O.2C11H16O.3C11H16.C10H11N.C10H14.C9H12.4CH4/c1-5-10-6-7-11(9(2)3)8-12(10)13-4;1-9(2)11-6-4-10(5-7-11)8-12-3;1-9(2)11-6-4-5-10(7-11)8-12-3;3*1-4-10-5-7-11(8-6-10)9(2)3;1-8(2)10-5-3-4-9(6-10)7-11;1-8(2)10-6-4-9(3)5-7-10;1-8(2)9-6-4-3-5-7-9;;;;/h6-9H,5H2,1-4H3;2*4-7,9H,8H2,1-3H3;3*5-9H,4H2,1-3H3;3-6,8H,1-2H3;4-8H,1-3H3;3-8H,1-2H3;4*1H4. The van der Waals surface area contributed by atoms with Crippen LogP contribution in [0.1, 0.15) is 330 Å². The topological polar surface area (TPSA) is 51.5 Å². The van der Waals surface area contributed by atoms with Gasteiger partial charge in [-0.1, -0.05) is 388 Å². The predicted molar refractivity (Wildman–Crippen MR) is 467 cm³/mol. The van der Waals surface area contributed by atoms with Crippen molar-refractivity contribution in [1.82, 2.24) is 0 Å². The molecule has 4 nitrogen and oxygen atoms in total. The molecule has 9 rings (SSSR count). The molecule has 0 heterocycles. The molecule has 0 atom stereocenters. The maximum Gasteiger partial charge on any atom is 0.122 e. The lowest BCUT2D eigenvalue weighted by atomic mass is 10.0. The van der Waals surface area contributed by atoms with E-state index in [0.29, 0.717) is 66.5 Å². The van der Waals surface area contributed by atoms with Crippen molar-refractivity contribution in [3.63, 3.8) is 0 Å². The van der Waals surface area contributed by atoms with Crippen LogP contribution in [0.5, 0.6) is 5.75 Å². The maximum atomic E-state index is 8.59. The summed E-state index contributed by atoms with van der Waals surface area (Å²) in [4.78, 5) is 0. The fraction of sp³-hybridized carbons (Fsp3) is 0.450. The van der Waals surface area contributed by atoms with Gasteiger partial charge in [0.2, 0.25) is 0 Å². The quantitative estimate of drug-likeness (QED) is 0.0859. The number of methoxy groups -OCH3 is 3. The van der Waals surface area contributed by atoms with E-state index >= 15 is 0 Å². The largest absolute Gasteiger partial charge is 0.496 e. The molecule has 9 aromatic carbocycles. The van der Waals surface area contributed by atoms with Gasteiger partial charge in [-0.05, 0) is 188 Å². The summed E-state index contributed by atoms with van der Waals surface area (Å²) in [6.45, 7) is 51.8. The molecule has 0 amide bonds. The molecule has 0 fully saturated rings. The molecule has 0 aliphatic carbocycles. The fourth-order valence-electron chi connectivity index (χ4n) is 9.96. The van der Waals surface area contributed by atoms with Crippen molar-refractivity contribution in [2.75, 3.05) is 21.3 Å². The highest BCUT2D eigenvalue weighted by Gasteiger charge is 2.07. The van der Waals surface area contributed by atoms with Crippen LogP contribution in [0, 0.1) is 18.3 Å². The molecule has 0 bridgehead atoms. The molecule has 9 aromatic rings. The summed E-state index contributed by atoms with van der Waals surface area (Å²) in [6.07, 6.45) is 4.44. The predicted octanol–water partition coefficient (Wildman–Crippen LogP) is 30.6. The minimum Gasteiger partial charge on any atom is -0.496 e. The van der Waals surface area contributed by atoms with E-state index in [0.717, 1.165) is 37.0 Å². The molecule has 0 spiro atoms. The number of hydrogen-bond donors (Lipinski definition) is 0. The second-order valence-electron chi connectivity index (χ2n) is 28.5. The fourth-order valence-corrected chi connectivity index (χ4v) is 9.96. The summed E-state index contributed by atoms with van der Waals surface area (Å²) in [6, 6.07) is 79.4. The highest BCUT2D eigenvalue weighted by molar-refractivity contribution is 5.39. The Bertz CT molecular complexity index is 3390. The second-order valence-corrected chi connectivity index (χ2v) is 28.5. The third kappa shape index (κ3) is 43.5. The van der Waals surface area contributed by atoms with E-state index in [2.05, 4.69) is 353 Å². The highest BCUT2D eigenvalue weighted by atomic mass is 16.5. The van der Waals surface area contributed by atoms with Crippen molar-refractivity contribution in [3.8, 4) is 11.8 Å². The Hall–Kier alpha value is -7.81. The number of nitriles is 1. The summed E-state index contributed by atoms with van der Waals surface area (Å²) in [5, 5.41) is 8.59.